The van der Waals surface area contributed by atoms with Crippen LogP contribution < -0.4 is 10.5 Å². The third-order valence-electron chi connectivity index (χ3n) is 2.36. The molecule has 0 saturated carbocycles. The number of benzene rings is 1. The van der Waals surface area contributed by atoms with Crippen molar-refractivity contribution in [2.45, 2.75) is 19.8 Å². The lowest BCUT2D eigenvalue weighted by Gasteiger charge is -2.13. The Balaban J connectivity index is 3.14. The lowest BCUT2D eigenvalue weighted by Crippen LogP contribution is -2.02. The van der Waals surface area contributed by atoms with Crippen molar-refractivity contribution in [3.05, 3.63) is 21.7 Å². The van der Waals surface area contributed by atoms with E-state index in [1.165, 1.54) is 0 Å². The van der Waals surface area contributed by atoms with Gasteiger partial charge in [0.15, 0.2) is 11.5 Å². The average Bonchev–Trinajstić information content (AvgIpc) is 2.17. The molecular formula is C11H16BrNO2. The molecule has 0 aliphatic carbocycles. The van der Waals surface area contributed by atoms with Crippen LogP contribution in [-0.2, 0) is 6.42 Å². The van der Waals surface area contributed by atoms with Crippen LogP contribution in [0.4, 0.5) is 0 Å². The zero-order chi connectivity index (χ0) is 11.4. The van der Waals surface area contributed by atoms with Gasteiger partial charge in [0.2, 0.25) is 0 Å². The van der Waals surface area contributed by atoms with E-state index in [0.29, 0.717) is 12.3 Å². The summed E-state index contributed by atoms with van der Waals surface area (Å²) >= 11 is 3.45. The number of rotatable bonds is 4. The molecule has 0 spiro atoms. The fraction of sp³-hybridized carbons (Fsp3) is 0.455. The van der Waals surface area contributed by atoms with Gasteiger partial charge in [-0.05, 0) is 59.4 Å². The Morgan fingerprint density at radius 1 is 1.53 bits per heavy atom. The molecule has 0 unspecified atom stereocenters. The monoisotopic (exact) mass is 273 g/mol. The van der Waals surface area contributed by atoms with Crippen LogP contribution >= 0.6 is 15.9 Å². The van der Waals surface area contributed by atoms with Crippen molar-refractivity contribution in [1.29, 1.82) is 0 Å². The second kappa shape index (κ2) is 5.37. The summed E-state index contributed by atoms with van der Waals surface area (Å²) < 4.78 is 5.95. The van der Waals surface area contributed by atoms with E-state index in [2.05, 4.69) is 15.9 Å². The molecule has 0 radical (unpaired) electrons. The average molecular weight is 274 g/mol. The van der Waals surface area contributed by atoms with E-state index in [0.717, 1.165) is 28.4 Å². The third-order valence-corrected chi connectivity index (χ3v) is 3.20. The van der Waals surface area contributed by atoms with Crippen LogP contribution in [0.15, 0.2) is 10.5 Å². The molecule has 84 valence electrons. The molecule has 0 aliphatic rings. The minimum Gasteiger partial charge on any atom is -0.504 e. The number of aryl methyl sites for hydroxylation is 1. The quantitative estimate of drug-likeness (QED) is 0.886. The standard InChI is InChI=1S/C11H16BrNO2/c1-7-6-9(14)11(15-2)10(12)8(7)4-3-5-13/h6,14H,3-5,13H2,1-2H3. The van der Waals surface area contributed by atoms with Crippen molar-refractivity contribution in [3.63, 3.8) is 0 Å². The van der Waals surface area contributed by atoms with Crippen molar-refractivity contribution >= 4 is 15.9 Å². The van der Waals surface area contributed by atoms with E-state index >= 15 is 0 Å². The van der Waals surface area contributed by atoms with Gasteiger partial charge >= 0.3 is 0 Å². The van der Waals surface area contributed by atoms with Gasteiger partial charge in [-0.3, -0.25) is 0 Å². The number of ether oxygens (including phenoxy) is 1. The molecular weight excluding hydrogens is 258 g/mol. The van der Waals surface area contributed by atoms with Gasteiger partial charge in [-0.15, -0.1) is 0 Å². The van der Waals surface area contributed by atoms with Crippen LogP contribution in [0.1, 0.15) is 17.5 Å². The Kier molecular flexibility index (Phi) is 4.42. The van der Waals surface area contributed by atoms with Crippen LogP contribution in [0, 0.1) is 6.92 Å². The maximum atomic E-state index is 9.64. The fourth-order valence-electron chi connectivity index (χ4n) is 1.56. The summed E-state index contributed by atoms with van der Waals surface area (Å²) in [7, 11) is 1.54. The number of nitrogens with two attached hydrogens (primary N) is 1. The number of phenolic OH excluding ortho intramolecular Hbond substituents is 1. The number of halogens is 1. The highest BCUT2D eigenvalue weighted by Gasteiger charge is 2.13. The van der Waals surface area contributed by atoms with Gasteiger partial charge in [0.05, 0.1) is 11.6 Å². The maximum Gasteiger partial charge on any atom is 0.174 e. The molecule has 0 saturated heterocycles. The zero-order valence-electron chi connectivity index (χ0n) is 9.01. The predicted octanol–water partition coefficient (Wildman–Crippen LogP) is 2.36. The van der Waals surface area contributed by atoms with Crippen molar-refractivity contribution < 1.29 is 9.84 Å². The highest BCUT2D eigenvalue weighted by Crippen LogP contribution is 2.39. The van der Waals surface area contributed by atoms with Crippen molar-refractivity contribution in [1.82, 2.24) is 0 Å². The summed E-state index contributed by atoms with van der Waals surface area (Å²) in [5, 5.41) is 9.64. The van der Waals surface area contributed by atoms with Gasteiger partial charge < -0.3 is 15.6 Å². The van der Waals surface area contributed by atoms with E-state index in [1.807, 2.05) is 6.92 Å². The highest BCUT2D eigenvalue weighted by atomic mass is 79.9. The summed E-state index contributed by atoms with van der Waals surface area (Å²) in [4.78, 5) is 0. The fourth-order valence-corrected chi connectivity index (χ4v) is 2.44. The Labute approximate surface area is 98.4 Å². The van der Waals surface area contributed by atoms with E-state index < -0.39 is 0 Å². The molecule has 3 N–H and O–H groups in total. The van der Waals surface area contributed by atoms with Gasteiger partial charge in [0, 0.05) is 0 Å². The molecule has 0 aromatic heterocycles. The summed E-state index contributed by atoms with van der Waals surface area (Å²) in [6.07, 6.45) is 1.81. The number of aromatic hydroxyl groups is 1. The maximum absolute atomic E-state index is 9.64. The molecule has 0 amide bonds. The van der Waals surface area contributed by atoms with E-state index in [1.54, 1.807) is 13.2 Å². The minimum absolute atomic E-state index is 0.165. The van der Waals surface area contributed by atoms with Crippen LogP contribution in [0.25, 0.3) is 0 Å². The van der Waals surface area contributed by atoms with Crippen LogP contribution in [0.2, 0.25) is 0 Å². The lowest BCUT2D eigenvalue weighted by molar-refractivity contribution is 0.370. The first-order valence-corrected chi connectivity index (χ1v) is 5.66. The molecule has 0 aliphatic heterocycles. The first-order valence-electron chi connectivity index (χ1n) is 4.86. The Morgan fingerprint density at radius 2 is 2.20 bits per heavy atom. The predicted molar refractivity (Wildman–Crippen MR) is 64.5 cm³/mol. The number of methoxy groups -OCH3 is 1. The lowest BCUT2D eigenvalue weighted by atomic mass is 10.0. The van der Waals surface area contributed by atoms with Crippen LogP contribution in [0.5, 0.6) is 11.5 Å². The van der Waals surface area contributed by atoms with Gasteiger partial charge in [-0.25, -0.2) is 0 Å². The van der Waals surface area contributed by atoms with Gasteiger partial charge in [-0.1, -0.05) is 0 Å². The normalized spacial score (nSPS) is 10.4. The first kappa shape index (κ1) is 12.3. The SMILES string of the molecule is COc1c(O)cc(C)c(CCCN)c1Br. The van der Waals surface area contributed by atoms with E-state index in [9.17, 15) is 5.11 Å². The smallest absolute Gasteiger partial charge is 0.174 e. The summed E-state index contributed by atoms with van der Waals surface area (Å²) in [6.45, 7) is 2.63. The molecule has 1 aromatic rings. The Hall–Kier alpha value is -0.740. The van der Waals surface area contributed by atoms with Gasteiger partial charge in [-0.2, -0.15) is 0 Å². The van der Waals surface area contributed by atoms with E-state index in [4.69, 9.17) is 10.5 Å². The Bertz CT molecular complexity index is 353. The number of hydrogen-bond acceptors (Lipinski definition) is 3. The zero-order valence-corrected chi connectivity index (χ0v) is 10.6. The number of hydrogen-bond donors (Lipinski definition) is 2. The number of phenols is 1. The third kappa shape index (κ3) is 2.63. The topological polar surface area (TPSA) is 55.5 Å². The summed E-state index contributed by atoms with van der Waals surface area (Å²) in [5.41, 5.74) is 7.68. The molecule has 3 nitrogen and oxygen atoms in total. The summed E-state index contributed by atoms with van der Waals surface area (Å²) in [6, 6.07) is 1.72. The molecule has 15 heavy (non-hydrogen) atoms. The molecule has 1 aromatic carbocycles. The highest BCUT2D eigenvalue weighted by molar-refractivity contribution is 9.10. The minimum atomic E-state index is 0.165. The van der Waals surface area contributed by atoms with Crippen molar-refractivity contribution in [3.8, 4) is 11.5 Å². The molecule has 0 bridgehead atoms. The largest absolute Gasteiger partial charge is 0.504 e. The second-order valence-electron chi connectivity index (χ2n) is 3.43. The molecule has 0 atom stereocenters. The van der Waals surface area contributed by atoms with Crippen molar-refractivity contribution in [2.24, 2.45) is 5.73 Å². The van der Waals surface area contributed by atoms with Gasteiger partial charge in [0.1, 0.15) is 0 Å². The Morgan fingerprint density at radius 3 is 2.73 bits per heavy atom. The molecule has 4 heteroatoms. The molecule has 1 rings (SSSR count). The van der Waals surface area contributed by atoms with Gasteiger partial charge in [0.25, 0.3) is 0 Å². The summed E-state index contributed by atoms with van der Waals surface area (Å²) in [5.74, 6) is 0.658. The van der Waals surface area contributed by atoms with Crippen LogP contribution in [-0.4, -0.2) is 18.8 Å². The molecule has 0 heterocycles. The van der Waals surface area contributed by atoms with E-state index in [-0.39, 0.29) is 5.75 Å². The second-order valence-corrected chi connectivity index (χ2v) is 4.22. The van der Waals surface area contributed by atoms with Crippen molar-refractivity contribution in [2.75, 3.05) is 13.7 Å². The van der Waals surface area contributed by atoms with Crippen LogP contribution in [0.3, 0.4) is 0 Å². The molecule has 0 fully saturated rings. The first-order chi connectivity index (χ1) is 7.11.